The molecule has 0 spiro atoms. The van der Waals surface area contributed by atoms with E-state index in [0.29, 0.717) is 45.5 Å². The van der Waals surface area contributed by atoms with Crippen molar-refractivity contribution in [2.24, 2.45) is 0 Å². The minimum atomic E-state index is -0.442. The highest BCUT2D eigenvalue weighted by atomic mass is 32.1. The molecule has 5 rings (SSSR count). The summed E-state index contributed by atoms with van der Waals surface area (Å²) in [4.78, 5) is 30.2. The van der Waals surface area contributed by atoms with Crippen molar-refractivity contribution in [2.45, 2.75) is 38.3 Å². The molecule has 2 aromatic carbocycles. The molecule has 176 valence electrons. The van der Waals surface area contributed by atoms with Gasteiger partial charge in [0.15, 0.2) is 16.6 Å². The molecule has 0 saturated heterocycles. The number of carbonyl (C=O) groups excluding carboxylic acids is 1. The number of H-pyrrole nitrogens is 1. The fourth-order valence-corrected chi connectivity index (χ4v) is 4.92. The topological polar surface area (TPSA) is 92.9 Å². The number of anilines is 1. The van der Waals surface area contributed by atoms with E-state index in [1.165, 1.54) is 7.11 Å². The SMILES string of the molecule is COC(=O)c1ccccc1NC(=S)N(Cc1cc2cc3c(cc2[nH]c1=O)OCO3)C1CCCC1. The van der Waals surface area contributed by atoms with Crippen LogP contribution in [0.3, 0.4) is 0 Å². The molecule has 0 bridgehead atoms. The first-order valence-corrected chi connectivity index (χ1v) is 11.6. The number of thiocarbonyl (C=S) groups is 1. The highest BCUT2D eigenvalue weighted by Gasteiger charge is 2.27. The number of nitrogens with zero attached hydrogens (tertiary/aromatic N) is 1. The minimum absolute atomic E-state index is 0.172. The number of hydrogen-bond donors (Lipinski definition) is 2. The van der Waals surface area contributed by atoms with Crippen LogP contribution in [0.2, 0.25) is 0 Å². The van der Waals surface area contributed by atoms with Gasteiger partial charge >= 0.3 is 5.97 Å². The van der Waals surface area contributed by atoms with Crippen molar-refractivity contribution in [3.8, 4) is 11.5 Å². The summed E-state index contributed by atoms with van der Waals surface area (Å²) in [6.07, 6.45) is 4.20. The zero-order chi connectivity index (χ0) is 23.7. The molecule has 8 nitrogen and oxygen atoms in total. The van der Waals surface area contributed by atoms with Crippen molar-refractivity contribution in [2.75, 3.05) is 19.2 Å². The van der Waals surface area contributed by atoms with Crippen LogP contribution < -0.4 is 20.3 Å². The van der Waals surface area contributed by atoms with E-state index >= 15 is 0 Å². The quantitative estimate of drug-likeness (QED) is 0.416. The van der Waals surface area contributed by atoms with Gasteiger partial charge in [-0.05, 0) is 49.3 Å². The van der Waals surface area contributed by atoms with Gasteiger partial charge in [-0.2, -0.15) is 0 Å². The fourth-order valence-electron chi connectivity index (χ4n) is 4.59. The lowest BCUT2D eigenvalue weighted by Crippen LogP contribution is -2.42. The summed E-state index contributed by atoms with van der Waals surface area (Å²) in [6.45, 7) is 0.516. The van der Waals surface area contributed by atoms with E-state index in [-0.39, 0.29) is 18.4 Å². The van der Waals surface area contributed by atoms with Crippen LogP contribution >= 0.6 is 12.2 Å². The Morgan fingerprint density at radius 2 is 1.91 bits per heavy atom. The van der Waals surface area contributed by atoms with Crippen LogP contribution in [0.5, 0.6) is 11.5 Å². The Balaban J connectivity index is 1.45. The van der Waals surface area contributed by atoms with Gasteiger partial charge in [-0.1, -0.05) is 25.0 Å². The number of pyridine rings is 1. The summed E-state index contributed by atoms with van der Waals surface area (Å²) in [7, 11) is 1.35. The molecule has 0 unspecified atom stereocenters. The summed E-state index contributed by atoms with van der Waals surface area (Å²) in [6, 6.07) is 12.8. The zero-order valence-electron chi connectivity index (χ0n) is 18.8. The molecule has 0 radical (unpaired) electrons. The number of hydrogen-bond acceptors (Lipinski definition) is 6. The predicted molar refractivity (Wildman–Crippen MR) is 132 cm³/mol. The normalized spacial score (nSPS) is 14.9. The second kappa shape index (κ2) is 9.34. The number of para-hydroxylation sites is 1. The van der Waals surface area contributed by atoms with Gasteiger partial charge in [0.1, 0.15) is 0 Å². The van der Waals surface area contributed by atoms with Gasteiger partial charge in [0.2, 0.25) is 6.79 Å². The maximum Gasteiger partial charge on any atom is 0.339 e. The molecule has 2 N–H and O–H groups in total. The molecule has 1 saturated carbocycles. The second-order valence-corrected chi connectivity index (χ2v) is 8.84. The van der Waals surface area contributed by atoms with Crippen molar-refractivity contribution in [3.05, 3.63) is 63.9 Å². The van der Waals surface area contributed by atoms with E-state index in [4.69, 9.17) is 26.4 Å². The molecular formula is C25H25N3O5S. The summed E-state index contributed by atoms with van der Waals surface area (Å²) >= 11 is 5.79. The minimum Gasteiger partial charge on any atom is -0.465 e. The van der Waals surface area contributed by atoms with E-state index in [9.17, 15) is 9.59 Å². The molecular weight excluding hydrogens is 454 g/mol. The number of rotatable bonds is 5. The lowest BCUT2D eigenvalue weighted by Gasteiger charge is -2.32. The number of methoxy groups -OCH3 is 1. The average molecular weight is 480 g/mol. The molecule has 0 amide bonds. The van der Waals surface area contributed by atoms with Gasteiger partial charge in [-0.15, -0.1) is 0 Å². The molecule has 2 aliphatic rings. The Hall–Kier alpha value is -3.59. The Bertz CT molecular complexity index is 1320. The highest BCUT2D eigenvalue weighted by Crippen LogP contribution is 2.35. The lowest BCUT2D eigenvalue weighted by molar-refractivity contribution is 0.0602. The van der Waals surface area contributed by atoms with E-state index in [1.807, 2.05) is 18.2 Å². The number of aromatic amines is 1. The predicted octanol–water partition coefficient (Wildman–Crippen LogP) is 4.19. The van der Waals surface area contributed by atoms with Gasteiger partial charge in [0, 0.05) is 23.1 Å². The van der Waals surface area contributed by atoms with Crippen molar-refractivity contribution in [1.29, 1.82) is 0 Å². The van der Waals surface area contributed by atoms with E-state index in [2.05, 4.69) is 15.2 Å². The van der Waals surface area contributed by atoms with E-state index in [0.717, 1.165) is 31.1 Å². The third kappa shape index (κ3) is 4.31. The van der Waals surface area contributed by atoms with Crippen molar-refractivity contribution < 1.29 is 19.0 Å². The Labute approximate surface area is 201 Å². The van der Waals surface area contributed by atoms with Gasteiger partial charge in [-0.25, -0.2) is 4.79 Å². The number of benzene rings is 2. The number of fused-ring (bicyclic) bond motifs is 2. The standard InChI is InChI=1S/C25H25N3O5S/c1-31-24(30)18-8-4-5-9-19(18)27-25(34)28(17-6-2-3-7-17)13-16-10-15-11-21-22(33-14-32-21)12-20(15)26-23(16)29/h4-5,8-12,17H,2-3,6-7,13-14H2,1H3,(H,26,29)(H,27,34). The first kappa shape index (κ1) is 22.2. The number of esters is 1. The van der Waals surface area contributed by atoms with Crippen LogP contribution in [0, 0.1) is 0 Å². The molecule has 34 heavy (non-hydrogen) atoms. The fraction of sp³-hybridized carbons (Fsp3) is 0.320. The first-order valence-electron chi connectivity index (χ1n) is 11.2. The third-order valence-electron chi connectivity index (χ3n) is 6.36. The van der Waals surface area contributed by atoms with Gasteiger partial charge in [-0.3, -0.25) is 4.79 Å². The molecule has 1 aromatic heterocycles. The van der Waals surface area contributed by atoms with Gasteiger partial charge < -0.3 is 29.4 Å². The van der Waals surface area contributed by atoms with Crippen molar-refractivity contribution >= 4 is 39.9 Å². The highest BCUT2D eigenvalue weighted by molar-refractivity contribution is 7.80. The summed E-state index contributed by atoms with van der Waals surface area (Å²) < 4.78 is 15.8. The summed E-state index contributed by atoms with van der Waals surface area (Å²) in [5, 5.41) is 4.55. The smallest absolute Gasteiger partial charge is 0.339 e. The van der Waals surface area contributed by atoms with E-state index in [1.54, 1.807) is 24.3 Å². The Morgan fingerprint density at radius 1 is 1.18 bits per heavy atom. The number of aromatic nitrogens is 1. The van der Waals surface area contributed by atoms with Crippen LogP contribution in [-0.2, 0) is 11.3 Å². The Morgan fingerprint density at radius 3 is 2.68 bits per heavy atom. The van der Waals surface area contributed by atoms with Gasteiger partial charge in [0.05, 0.1) is 30.4 Å². The molecule has 1 fully saturated rings. The maximum atomic E-state index is 13.0. The number of nitrogens with one attached hydrogen (secondary N) is 2. The van der Waals surface area contributed by atoms with E-state index < -0.39 is 5.97 Å². The molecule has 2 heterocycles. The van der Waals surface area contributed by atoms with Crippen LogP contribution in [0.1, 0.15) is 41.6 Å². The monoisotopic (exact) mass is 479 g/mol. The lowest BCUT2D eigenvalue weighted by atomic mass is 10.1. The summed E-state index contributed by atoms with van der Waals surface area (Å²) in [5.41, 5.74) is 2.09. The molecule has 3 aromatic rings. The van der Waals surface area contributed by atoms with Crippen LogP contribution in [0.25, 0.3) is 10.9 Å². The third-order valence-corrected chi connectivity index (χ3v) is 6.69. The average Bonchev–Trinajstić information content (AvgIpc) is 3.53. The van der Waals surface area contributed by atoms with Crippen molar-refractivity contribution in [1.82, 2.24) is 9.88 Å². The van der Waals surface area contributed by atoms with Crippen LogP contribution in [0.15, 0.2) is 47.3 Å². The van der Waals surface area contributed by atoms with Crippen molar-refractivity contribution in [3.63, 3.8) is 0 Å². The molecule has 1 aliphatic carbocycles. The first-order chi connectivity index (χ1) is 16.5. The molecule has 1 aliphatic heterocycles. The van der Waals surface area contributed by atoms with Crippen LogP contribution in [-0.4, -0.2) is 40.9 Å². The number of ether oxygens (including phenoxy) is 3. The molecule has 9 heteroatoms. The largest absolute Gasteiger partial charge is 0.465 e. The maximum absolute atomic E-state index is 13.0. The summed E-state index contributed by atoms with van der Waals surface area (Å²) in [5.74, 6) is 0.843. The number of carbonyl (C=O) groups is 1. The van der Waals surface area contributed by atoms with Gasteiger partial charge in [0.25, 0.3) is 5.56 Å². The molecule has 0 atom stereocenters. The second-order valence-electron chi connectivity index (χ2n) is 8.45. The zero-order valence-corrected chi connectivity index (χ0v) is 19.6. The van der Waals surface area contributed by atoms with Crippen LogP contribution in [0.4, 0.5) is 5.69 Å². The Kier molecular flexibility index (Phi) is 6.10.